The van der Waals surface area contributed by atoms with E-state index in [9.17, 15) is 4.79 Å². The second-order valence-corrected chi connectivity index (χ2v) is 2.97. The van der Waals surface area contributed by atoms with Crippen LogP contribution >= 0.6 is 12.4 Å². The topological polar surface area (TPSA) is 55.6 Å². The van der Waals surface area contributed by atoms with E-state index in [0.717, 1.165) is 5.69 Å². The minimum absolute atomic E-state index is 0. The summed E-state index contributed by atoms with van der Waals surface area (Å²) in [6.07, 6.45) is 0. The van der Waals surface area contributed by atoms with Crippen molar-refractivity contribution in [1.29, 1.82) is 0 Å². The largest absolute Gasteiger partial charge is 0.481 e. The SMILES string of the molecule is CN1C(=O)COc2cc(N)ccc21.Cl. The number of nitrogen functional groups attached to an aromatic ring is 1. The number of nitrogens with zero attached hydrogens (tertiary/aromatic N) is 1. The summed E-state index contributed by atoms with van der Waals surface area (Å²) in [5.41, 5.74) is 6.99. The van der Waals surface area contributed by atoms with E-state index in [1.54, 1.807) is 30.1 Å². The van der Waals surface area contributed by atoms with Crippen molar-refractivity contribution >= 4 is 29.7 Å². The van der Waals surface area contributed by atoms with Crippen LogP contribution in [0.1, 0.15) is 0 Å². The fourth-order valence-electron chi connectivity index (χ4n) is 1.29. The maximum atomic E-state index is 11.2. The molecule has 0 radical (unpaired) electrons. The summed E-state index contributed by atoms with van der Waals surface area (Å²) in [5, 5.41) is 0. The molecule has 1 aromatic carbocycles. The Balaban J connectivity index is 0.000000980. The van der Waals surface area contributed by atoms with Crippen molar-refractivity contribution < 1.29 is 9.53 Å². The van der Waals surface area contributed by atoms with E-state index in [1.165, 1.54) is 0 Å². The van der Waals surface area contributed by atoms with Crippen LogP contribution in [0.5, 0.6) is 5.75 Å². The molecule has 14 heavy (non-hydrogen) atoms. The molecule has 1 aliphatic heterocycles. The maximum Gasteiger partial charge on any atom is 0.264 e. The van der Waals surface area contributed by atoms with Crippen LogP contribution in [0.15, 0.2) is 18.2 Å². The van der Waals surface area contributed by atoms with Gasteiger partial charge in [0.25, 0.3) is 5.91 Å². The normalized spacial score (nSPS) is 14.1. The number of benzene rings is 1. The number of carbonyl (C=O) groups excluding carboxylic acids is 1. The van der Waals surface area contributed by atoms with E-state index in [-0.39, 0.29) is 24.9 Å². The van der Waals surface area contributed by atoms with E-state index in [0.29, 0.717) is 11.4 Å². The van der Waals surface area contributed by atoms with Crippen molar-refractivity contribution in [3.05, 3.63) is 18.2 Å². The number of fused-ring (bicyclic) bond motifs is 1. The van der Waals surface area contributed by atoms with Crippen LogP contribution in [0.2, 0.25) is 0 Å². The van der Waals surface area contributed by atoms with Crippen LogP contribution < -0.4 is 15.4 Å². The highest BCUT2D eigenvalue weighted by atomic mass is 35.5. The molecule has 4 nitrogen and oxygen atoms in total. The molecule has 0 saturated carbocycles. The van der Waals surface area contributed by atoms with Crippen molar-refractivity contribution in [3.63, 3.8) is 0 Å². The summed E-state index contributed by atoms with van der Waals surface area (Å²) >= 11 is 0. The molecule has 0 fully saturated rings. The zero-order valence-electron chi connectivity index (χ0n) is 7.69. The third-order valence-corrected chi connectivity index (χ3v) is 2.07. The molecule has 0 saturated heterocycles. The summed E-state index contributed by atoms with van der Waals surface area (Å²) in [6.45, 7) is 0.0902. The second kappa shape index (κ2) is 3.75. The van der Waals surface area contributed by atoms with Crippen LogP contribution in [0, 0.1) is 0 Å². The van der Waals surface area contributed by atoms with E-state index >= 15 is 0 Å². The van der Waals surface area contributed by atoms with Gasteiger partial charge in [-0.15, -0.1) is 12.4 Å². The van der Waals surface area contributed by atoms with Gasteiger partial charge in [0.2, 0.25) is 0 Å². The Bertz CT molecular complexity index is 368. The fourth-order valence-corrected chi connectivity index (χ4v) is 1.29. The molecule has 2 N–H and O–H groups in total. The van der Waals surface area contributed by atoms with Crippen LogP contribution in [0.25, 0.3) is 0 Å². The Morgan fingerprint density at radius 2 is 2.21 bits per heavy atom. The first-order valence-electron chi connectivity index (χ1n) is 3.97. The van der Waals surface area contributed by atoms with Gasteiger partial charge >= 0.3 is 0 Å². The highest BCUT2D eigenvalue weighted by Crippen LogP contribution is 2.32. The molecule has 2 rings (SSSR count). The highest BCUT2D eigenvalue weighted by Gasteiger charge is 2.21. The van der Waals surface area contributed by atoms with Crippen LogP contribution in [-0.4, -0.2) is 19.6 Å². The molecule has 0 aliphatic carbocycles. The quantitative estimate of drug-likeness (QED) is 0.657. The maximum absolute atomic E-state index is 11.2. The van der Waals surface area contributed by atoms with Crippen LogP contribution in [0.4, 0.5) is 11.4 Å². The Morgan fingerprint density at radius 3 is 2.93 bits per heavy atom. The summed E-state index contributed by atoms with van der Waals surface area (Å²) < 4.78 is 5.22. The predicted octanol–water partition coefficient (Wildman–Crippen LogP) is 1.05. The number of anilines is 2. The van der Waals surface area contributed by atoms with Crippen molar-refractivity contribution in [2.45, 2.75) is 0 Å². The first-order chi connectivity index (χ1) is 6.18. The number of nitrogens with two attached hydrogens (primary N) is 1. The standard InChI is InChI=1S/C9H10N2O2.ClH/c1-11-7-3-2-6(10)4-8(7)13-5-9(11)12;/h2-4H,5,10H2,1H3;1H. The molecule has 76 valence electrons. The molecule has 5 heteroatoms. The average molecular weight is 215 g/mol. The van der Waals surface area contributed by atoms with Gasteiger partial charge in [0.05, 0.1) is 5.69 Å². The van der Waals surface area contributed by atoms with Crippen molar-refractivity contribution in [2.24, 2.45) is 0 Å². The highest BCUT2D eigenvalue weighted by molar-refractivity contribution is 5.97. The number of hydrogen-bond acceptors (Lipinski definition) is 3. The van der Waals surface area contributed by atoms with Crippen LogP contribution in [-0.2, 0) is 4.79 Å². The van der Waals surface area contributed by atoms with Crippen molar-refractivity contribution in [1.82, 2.24) is 0 Å². The molecule has 1 heterocycles. The molecule has 0 bridgehead atoms. The molecule has 0 spiro atoms. The number of carbonyl (C=O) groups is 1. The zero-order chi connectivity index (χ0) is 9.42. The summed E-state index contributed by atoms with van der Waals surface area (Å²) in [4.78, 5) is 12.8. The van der Waals surface area contributed by atoms with Gasteiger partial charge in [-0.3, -0.25) is 4.79 Å². The van der Waals surface area contributed by atoms with E-state index < -0.39 is 0 Å². The fraction of sp³-hybridized carbons (Fsp3) is 0.222. The van der Waals surface area contributed by atoms with E-state index in [1.807, 2.05) is 0 Å². The van der Waals surface area contributed by atoms with Gasteiger partial charge in [-0.1, -0.05) is 0 Å². The van der Waals surface area contributed by atoms with Gasteiger partial charge in [0.15, 0.2) is 6.61 Å². The average Bonchev–Trinajstić information content (AvgIpc) is 2.12. The lowest BCUT2D eigenvalue weighted by molar-refractivity contribution is -0.120. The van der Waals surface area contributed by atoms with Gasteiger partial charge < -0.3 is 15.4 Å². The number of hydrogen-bond donors (Lipinski definition) is 1. The van der Waals surface area contributed by atoms with Gasteiger partial charge in [0, 0.05) is 18.8 Å². The lowest BCUT2D eigenvalue weighted by atomic mass is 10.2. The summed E-state index contributed by atoms with van der Waals surface area (Å²) in [5.74, 6) is 0.624. The molecule has 1 amide bonds. The van der Waals surface area contributed by atoms with Crippen LogP contribution in [0.3, 0.4) is 0 Å². The van der Waals surface area contributed by atoms with E-state index in [4.69, 9.17) is 10.5 Å². The Labute approximate surface area is 88.0 Å². The minimum Gasteiger partial charge on any atom is -0.481 e. The Kier molecular flexibility index (Phi) is 2.86. The molecular formula is C9H11ClN2O2. The first-order valence-corrected chi connectivity index (χ1v) is 3.97. The number of amides is 1. The Hall–Kier alpha value is -1.42. The lowest BCUT2D eigenvalue weighted by Crippen LogP contribution is -2.35. The van der Waals surface area contributed by atoms with Gasteiger partial charge in [-0.05, 0) is 12.1 Å². The summed E-state index contributed by atoms with van der Waals surface area (Å²) in [7, 11) is 1.72. The molecule has 1 aliphatic rings. The molecule has 1 aromatic rings. The van der Waals surface area contributed by atoms with Gasteiger partial charge in [-0.2, -0.15) is 0 Å². The van der Waals surface area contributed by atoms with Gasteiger partial charge in [0.1, 0.15) is 5.75 Å². The van der Waals surface area contributed by atoms with Crippen molar-refractivity contribution in [2.75, 3.05) is 24.3 Å². The van der Waals surface area contributed by atoms with Crippen molar-refractivity contribution in [3.8, 4) is 5.75 Å². The first kappa shape index (κ1) is 10.7. The van der Waals surface area contributed by atoms with E-state index in [2.05, 4.69) is 0 Å². The van der Waals surface area contributed by atoms with Gasteiger partial charge in [-0.25, -0.2) is 0 Å². The smallest absolute Gasteiger partial charge is 0.264 e. The molecule has 0 unspecified atom stereocenters. The Morgan fingerprint density at radius 1 is 1.50 bits per heavy atom. The summed E-state index contributed by atoms with van der Waals surface area (Å²) in [6, 6.07) is 5.25. The molecular weight excluding hydrogens is 204 g/mol. The number of ether oxygens (including phenoxy) is 1. The monoisotopic (exact) mass is 214 g/mol. The number of rotatable bonds is 0. The third kappa shape index (κ3) is 1.61. The zero-order valence-corrected chi connectivity index (χ0v) is 8.50. The molecule has 0 atom stereocenters. The minimum atomic E-state index is -0.0442. The predicted molar refractivity (Wildman–Crippen MR) is 57.0 cm³/mol. The lowest BCUT2D eigenvalue weighted by Gasteiger charge is -2.25. The second-order valence-electron chi connectivity index (χ2n) is 2.97. The number of likely N-dealkylation sites (N-methyl/N-ethyl adjacent to an activating group) is 1. The third-order valence-electron chi connectivity index (χ3n) is 2.07. The molecule has 0 aromatic heterocycles. The number of halogens is 1.